The molecule has 0 aliphatic carbocycles. The summed E-state index contributed by atoms with van der Waals surface area (Å²) in [5, 5.41) is 6.05. The number of hydrogen-bond donors (Lipinski definition) is 2. The summed E-state index contributed by atoms with van der Waals surface area (Å²) in [4.78, 5) is 19.3. The fraction of sp³-hybridized carbons (Fsp3) is 0. The van der Waals surface area contributed by atoms with Crippen molar-refractivity contribution >= 4 is 65.1 Å². The summed E-state index contributed by atoms with van der Waals surface area (Å²) in [6.45, 7) is 0. The van der Waals surface area contributed by atoms with Crippen LogP contribution in [0.2, 0.25) is 0 Å². The number of nitrogens with one attached hydrogen (secondary N) is 2. The molecule has 2 N–H and O–H groups in total. The van der Waals surface area contributed by atoms with Gasteiger partial charge in [0.2, 0.25) is 0 Å². The summed E-state index contributed by atoms with van der Waals surface area (Å²) in [6.07, 6.45) is 3.36. The third kappa shape index (κ3) is 2.45. The van der Waals surface area contributed by atoms with E-state index in [9.17, 15) is 4.79 Å². The molecule has 3 rings (SSSR count). The summed E-state index contributed by atoms with van der Waals surface area (Å²) in [5.41, 5.74) is 1.50. The van der Waals surface area contributed by atoms with Crippen LogP contribution in [0, 0.1) is 0 Å². The number of carbonyl (C=O) groups is 1. The highest BCUT2D eigenvalue weighted by Crippen LogP contribution is 2.30. The minimum atomic E-state index is -0.171. The summed E-state index contributed by atoms with van der Waals surface area (Å²) in [5.74, 6) is -0.171. The standard InChI is InChI=1S/C12H7Br2N3OS/c13-8-3-6-7(5-16-10(6)4-9(8)14)11(18)17-12-15-1-2-19-12/h1-5,16H,(H,15,17,18). The first-order valence-electron chi connectivity index (χ1n) is 5.32. The van der Waals surface area contributed by atoms with Gasteiger partial charge in [0, 0.05) is 37.6 Å². The number of aromatic amines is 1. The van der Waals surface area contributed by atoms with E-state index >= 15 is 0 Å². The largest absolute Gasteiger partial charge is 0.360 e. The Morgan fingerprint density at radius 3 is 2.84 bits per heavy atom. The predicted molar refractivity (Wildman–Crippen MR) is 83.8 cm³/mol. The van der Waals surface area contributed by atoms with Crippen molar-refractivity contribution in [3.63, 3.8) is 0 Å². The van der Waals surface area contributed by atoms with E-state index in [1.165, 1.54) is 11.3 Å². The molecule has 96 valence electrons. The van der Waals surface area contributed by atoms with Gasteiger partial charge in [-0.2, -0.15) is 0 Å². The summed E-state index contributed by atoms with van der Waals surface area (Å²) < 4.78 is 1.84. The van der Waals surface area contributed by atoms with Crippen molar-refractivity contribution in [2.45, 2.75) is 0 Å². The zero-order valence-electron chi connectivity index (χ0n) is 9.41. The fourth-order valence-corrected chi connectivity index (χ4v) is 2.96. The van der Waals surface area contributed by atoms with Crippen LogP contribution in [0.1, 0.15) is 10.4 Å². The van der Waals surface area contributed by atoms with Crippen LogP contribution in [0.3, 0.4) is 0 Å². The Labute approximate surface area is 129 Å². The molecule has 2 heterocycles. The van der Waals surface area contributed by atoms with Crippen LogP contribution in [-0.4, -0.2) is 15.9 Å². The van der Waals surface area contributed by atoms with Gasteiger partial charge in [0.25, 0.3) is 5.91 Å². The highest BCUT2D eigenvalue weighted by Gasteiger charge is 2.14. The molecule has 0 aliphatic heterocycles. The second kappa shape index (κ2) is 5.07. The lowest BCUT2D eigenvalue weighted by Crippen LogP contribution is -2.10. The van der Waals surface area contributed by atoms with E-state index in [-0.39, 0.29) is 5.91 Å². The molecule has 4 nitrogen and oxygen atoms in total. The average Bonchev–Trinajstić information content (AvgIpc) is 2.99. The van der Waals surface area contributed by atoms with Crippen molar-refractivity contribution in [2.75, 3.05) is 5.32 Å². The summed E-state index contributed by atoms with van der Waals surface area (Å²) in [7, 11) is 0. The van der Waals surface area contributed by atoms with Gasteiger partial charge in [-0.15, -0.1) is 11.3 Å². The third-order valence-corrected chi connectivity index (χ3v) is 5.15. The maximum Gasteiger partial charge on any atom is 0.259 e. The molecule has 0 saturated heterocycles. The molecule has 1 amide bonds. The molecule has 19 heavy (non-hydrogen) atoms. The highest BCUT2D eigenvalue weighted by atomic mass is 79.9. The Bertz CT molecular complexity index is 752. The maximum atomic E-state index is 12.2. The van der Waals surface area contributed by atoms with Gasteiger partial charge in [0.05, 0.1) is 5.56 Å². The van der Waals surface area contributed by atoms with Crippen molar-refractivity contribution in [1.82, 2.24) is 9.97 Å². The second-order valence-corrected chi connectivity index (χ2v) is 6.41. The Morgan fingerprint density at radius 1 is 1.32 bits per heavy atom. The van der Waals surface area contributed by atoms with Crippen molar-refractivity contribution in [3.05, 3.63) is 44.4 Å². The van der Waals surface area contributed by atoms with E-state index in [1.807, 2.05) is 17.5 Å². The predicted octanol–water partition coefficient (Wildman–Crippen LogP) is 4.40. The normalized spacial score (nSPS) is 10.8. The number of amides is 1. The van der Waals surface area contributed by atoms with Gasteiger partial charge < -0.3 is 4.98 Å². The molecule has 0 saturated carbocycles. The minimum Gasteiger partial charge on any atom is -0.360 e. The molecule has 0 fully saturated rings. The maximum absolute atomic E-state index is 12.2. The number of benzene rings is 1. The van der Waals surface area contributed by atoms with Gasteiger partial charge in [-0.05, 0) is 44.0 Å². The molecule has 7 heteroatoms. The number of H-pyrrole nitrogens is 1. The van der Waals surface area contributed by atoms with E-state index in [2.05, 4.69) is 47.1 Å². The zero-order chi connectivity index (χ0) is 13.4. The van der Waals surface area contributed by atoms with Crippen LogP contribution in [-0.2, 0) is 0 Å². The number of halogens is 2. The first-order chi connectivity index (χ1) is 9.15. The van der Waals surface area contributed by atoms with Gasteiger partial charge in [0.15, 0.2) is 5.13 Å². The second-order valence-electron chi connectivity index (χ2n) is 3.81. The van der Waals surface area contributed by atoms with Crippen LogP contribution in [0.5, 0.6) is 0 Å². The minimum absolute atomic E-state index is 0.171. The lowest BCUT2D eigenvalue weighted by Gasteiger charge is -2.01. The van der Waals surface area contributed by atoms with Crippen LogP contribution >= 0.6 is 43.2 Å². The third-order valence-electron chi connectivity index (χ3n) is 2.62. The van der Waals surface area contributed by atoms with E-state index in [0.717, 1.165) is 19.8 Å². The lowest BCUT2D eigenvalue weighted by molar-refractivity contribution is 0.102. The Kier molecular flexibility index (Phi) is 3.42. The van der Waals surface area contributed by atoms with Gasteiger partial charge in [-0.3, -0.25) is 10.1 Å². The van der Waals surface area contributed by atoms with Gasteiger partial charge in [0.1, 0.15) is 0 Å². The summed E-state index contributed by atoms with van der Waals surface area (Å²) in [6, 6.07) is 3.84. The van der Waals surface area contributed by atoms with Crippen molar-refractivity contribution in [1.29, 1.82) is 0 Å². The first kappa shape index (κ1) is 12.8. The quantitative estimate of drug-likeness (QED) is 0.669. The fourth-order valence-electron chi connectivity index (χ4n) is 1.75. The molecule has 0 atom stereocenters. The Balaban J connectivity index is 2.01. The number of carbonyl (C=O) groups excluding carboxylic acids is 1. The van der Waals surface area contributed by atoms with Gasteiger partial charge in [-0.25, -0.2) is 4.98 Å². The van der Waals surface area contributed by atoms with Gasteiger partial charge >= 0.3 is 0 Å². The number of anilines is 1. The van der Waals surface area contributed by atoms with Crippen molar-refractivity contribution in [3.8, 4) is 0 Å². The number of hydrogen-bond acceptors (Lipinski definition) is 3. The number of nitrogens with zero attached hydrogens (tertiary/aromatic N) is 1. The van der Waals surface area contributed by atoms with Crippen molar-refractivity contribution in [2.24, 2.45) is 0 Å². The number of rotatable bonds is 2. The molecular formula is C12H7Br2N3OS. The molecule has 0 unspecified atom stereocenters. The lowest BCUT2D eigenvalue weighted by atomic mass is 10.1. The number of aromatic nitrogens is 2. The molecule has 0 bridgehead atoms. The Morgan fingerprint density at radius 2 is 2.11 bits per heavy atom. The zero-order valence-corrected chi connectivity index (χ0v) is 13.4. The molecule has 3 aromatic rings. The molecular weight excluding hydrogens is 394 g/mol. The number of thiazole rings is 1. The molecule has 2 aromatic heterocycles. The monoisotopic (exact) mass is 399 g/mol. The van der Waals surface area contributed by atoms with Crippen molar-refractivity contribution < 1.29 is 4.79 Å². The molecule has 0 radical (unpaired) electrons. The van der Waals surface area contributed by atoms with E-state index in [4.69, 9.17) is 0 Å². The molecule has 1 aromatic carbocycles. The molecule has 0 spiro atoms. The number of fused-ring (bicyclic) bond motifs is 1. The van der Waals surface area contributed by atoms with Crippen LogP contribution in [0.15, 0.2) is 38.9 Å². The van der Waals surface area contributed by atoms with E-state index in [1.54, 1.807) is 12.4 Å². The topological polar surface area (TPSA) is 57.8 Å². The Hall–Kier alpha value is -1.18. The van der Waals surface area contributed by atoms with Crippen LogP contribution < -0.4 is 5.32 Å². The van der Waals surface area contributed by atoms with Crippen LogP contribution in [0.4, 0.5) is 5.13 Å². The first-order valence-corrected chi connectivity index (χ1v) is 7.78. The van der Waals surface area contributed by atoms with Gasteiger partial charge in [-0.1, -0.05) is 0 Å². The van der Waals surface area contributed by atoms with E-state index < -0.39 is 0 Å². The van der Waals surface area contributed by atoms with Crippen LogP contribution in [0.25, 0.3) is 10.9 Å². The average molecular weight is 401 g/mol. The SMILES string of the molecule is O=C(Nc1nccs1)c1c[nH]c2cc(Br)c(Br)cc12. The highest BCUT2D eigenvalue weighted by molar-refractivity contribution is 9.13. The van der Waals surface area contributed by atoms with E-state index in [0.29, 0.717) is 10.7 Å². The summed E-state index contributed by atoms with van der Waals surface area (Å²) >= 11 is 8.27. The molecule has 0 aliphatic rings. The smallest absolute Gasteiger partial charge is 0.259 e.